The first-order chi connectivity index (χ1) is 9.13. The highest BCUT2D eigenvalue weighted by Gasteiger charge is 2.09. The Morgan fingerprint density at radius 1 is 1.37 bits per heavy atom. The smallest absolute Gasteiger partial charge is 0.325 e. The standard InChI is InChI=1S/C13H14BrN3O2/c1-3-8-4-5-11(10(15)6-8)19-13-16-7-9(14)12(17-13)18-2/h4-7H,3,15H2,1-2H3. The number of hydrogen-bond acceptors (Lipinski definition) is 5. The lowest BCUT2D eigenvalue weighted by atomic mass is 10.1. The van der Waals surface area contributed by atoms with E-state index in [0.29, 0.717) is 21.8 Å². The first kappa shape index (κ1) is 13.6. The van der Waals surface area contributed by atoms with Gasteiger partial charge in [-0.05, 0) is 40.0 Å². The van der Waals surface area contributed by atoms with Gasteiger partial charge in [-0.3, -0.25) is 0 Å². The predicted octanol–water partition coefficient (Wildman–Crippen LogP) is 3.18. The Kier molecular flexibility index (Phi) is 4.21. The van der Waals surface area contributed by atoms with Crippen molar-refractivity contribution in [3.8, 4) is 17.6 Å². The van der Waals surface area contributed by atoms with Gasteiger partial charge in [-0.1, -0.05) is 13.0 Å². The summed E-state index contributed by atoms with van der Waals surface area (Å²) in [6.07, 6.45) is 2.49. The molecular formula is C13H14BrN3O2. The molecule has 0 aliphatic rings. The average Bonchev–Trinajstić information content (AvgIpc) is 2.43. The van der Waals surface area contributed by atoms with Crippen molar-refractivity contribution in [3.05, 3.63) is 34.4 Å². The molecule has 0 bridgehead atoms. The second kappa shape index (κ2) is 5.88. The number of nitrogens with two attached hydrogens (primary N) is 1. The number of anilines is 1. The molecule has 0 unspecified atom stereocenters. The quantitative estimate of drug-likeness (QED) is 0.875. The molecule has 2 rings (SSSR count). The van der Waals surface area contributed by atoms with Crippen molar-refractivity contribution < 1.29 is 9.47 Å². The topological polar surface area (TPSA) is 70.3 Å². The van der Waals surface area contributed by atoms with Gasteiger partial charge in [-0.2, -0.15) is 4.98 Å². The maximum absolute atomic E-state index is 5.92. The Hall–Kier alpha value is -1.82. The van der Waals surface area contributed by atoms with Crippen LogP contribution in [0.15, 0.2) is 28.9 Å². The van der Waals surface area contributed by atoms with Gasteiger partial charge in [-0.25, -0.2) is 4.98 Å². The third-order valence-corrected chi connectivity index (χ3v) is 3.11. The third-order valence-electron chi connectivity index (χ3n) is 2.57. The zero-order valence-corrected chi connectivity index (χ0v) is 12.3. The fourth-order valence-corrected chi connectivity index (χ4v) is 1.89. The van der Waals surface area contributed by atoms with Gasteiger partial charge in [0.05, 0.1) is 23.5 Å². The molecule has 0 saturated heterocycles. The summed E-state index contributed by atoms with van der Waals surface area (Å²) in [5, 5.41) is 0. The van der Waals surface area contributed by atoms with Crippen LogP contribution in [0, 0.1) is 0 Å². The van der Waals surface area contributed by atoms with Crippen molar-refractivity contribution in [3.63, 3.8) is 0 Å². The molecule has 0 aliphatic carbocycles. The third kappa shape index (κ3) is 3.14. The van der Waals surface area contributed by atoms with Crippen molar-refractivity contribution >= 4 is 21.6 Å². The van der Waals surface area contributed by atoms with E-state index < -0.39 is 0 Å². The molecule has 0 saturated carbocycles. The SMILES string of the molecule is CCc1ccc(Oc2ncc(Br)c(OC)n2)c(N)c1. The molecule has 0 amide bonds. The first-order valence-corrected chi connectivity index (χ1v) is 6.56. The minimum Gasteiger partial charge on any atom is -0.480 e. The molecule has 0 aliphatic heterocycles. The minimum absolute atomic E-state index is 0.191. The second-order valence-electron chi connectivity index (χ2n) is 3.84. The van der Waals surface area contributed by atoms with Crippen LogP contribution in [-0.2, 0) is 6.42 Å². The molecule has 0 radical (unpaired) electrons. The summed E-state index contributed by atoms with van der Waals surface area (Å²) in [6.45, 7) is 2.07. The van der Waals surface area contributed by atoms with Crippen LogP contribution < -0.4 is 15.2 Å². The number of nitrogen functional groups attached to an aromatic ring is 1. The molecule has 19 heavy (non-hydrogen) atoms. The Balaban J connectivity index is 2.26. The van der Waals surface area contributed by atoms with Gasteiger partial charge in [0.2, 0.25) is 5.88 Å². The van der Waals surface area contributed by atoms with Gasteiger partial charge >= 0.3 is 6.01 Å². The fraction of sp³-hybridized carbons (Fsp3) is 0.231. The highest BCUT2D eigenvalue weighted by molar-refractivity contribution is 9.10. The van der Waals surface area contributed by atoms with Gasteiger partial charge in [0, 0.05) is 0 Å². The van der Waals surface area contributed by atoms with Crippen molar-refractivity contribution in [2.75, 3.05) is 12.8 Å². The Bertz CT molecular complexity index is 590. The Morgan fingerprint density at radius 2 is 2.16 bits per heavy atom. The van der Waals surface area contributed by atoms with Gasteiger partial charge in [0.15, 0.2) is 5.75 Å². The van der Waals surface area contributed by atoms with Crippen LogP contribution in [0.3, 0.4) is 0 Å². The fourth-order valence-electron chi connectivity index (χ4n) is 1.54. The van der Waals surface area contributed by atoms with E-state index in [0.717, 1.165) is 12.0 Å². The van der Waals surface area contributed by atoms with Gasteiger partial charge < -0.3 is 15.2 Å². The average molecular weight is 324 g/mol. The summed E-state index contributed by atoms with van der Waals surface area (Å²) in [4.78, 5) is 8.16. The molecule has 1 heterocycles. The highest BCUT2D eigenvalue weighted by Crippen LogP contribution is 2.29. The van der Waals surface area contributed by atoms with Crippen LogP contribution in [0.4, 0.5) is 5.69 Å². The van der Waals surface area contributed by atoms with Crippen molar-refractivity contribution in [2.24, 2.45) is 0 Å². The summed E-state index contributed by atoms with van der Waals surface area (Å²) in [5.74, 6) is 0.940. The second-order valence-corrected chi connectivity index (χ2v) is 4.69. The summed E-state index contributed by atoms with van der Waals surface area (Å²) < 4.78 is 11.3. The maximum Gasteiger partial charge on any atom is 0.325 e. The molecule has 1 aromatic heterocycles. The molecule has 2 aromatic rings. The van der Waals surface area contributed by atoms with E-state index >= 15 is 0 Å². The van der Waals surface area contributed by atoms with E-state index in [-0.39, 0.29) is 6.01 Å². The van der Waals surface area contributed by atoms with E-state index in [1.54, 1.807) is 6.20 Å². The molecule has 1 aromatic carbocycles. The summed E-state index contributed by atoms with van der Waals surface area (Å²) >= 11 is 3.28. The molecule has 0 fully saturated rings. The lowest BCUT2D eigenvalue weighted by Crippen LogP contribution is -1.98. The van der Waals surface area contributed by atoms with E-state index in [1.165, 1.54) is 7.11 Å². The predicted molar refractivity (Wildman–Crippen MR) is 76.6 cm³/mol. The lowest BCUT2D eigenvalue weighted by molar-refractivity contribution is 0.374. The summed E-state index contributed by atoms with van der Waals surface area (Å²) in [6, 6.07) is 5.84. The van der Waals surface area contributed by atoms with Crippen LogP contribution >= 0.6 is 15.9 Å². The van der Waals surface area contributed by atoms with E-state index in [2.05, 4.69) is 32.8 Å². The number of aromatic nitrogens is 2. The van der Waals surface area contributed by atoms with Crippen LogP contribution in [0.2, 0.25) is 0 Å². The van der Waals surface area contributed by atoms with Crippen LogP contribution in [0.1, 0.15) is 12.5 Å². The minimum atomic E-state index is 0.191. The monoisotopic (exact) mass is 323 g/mol. The molecule has 0 atom stereocenters. The zero-order chi connectivity index (χ0) is 13.8. The highest BCUT2D eigenvalue weighted by atomic mass is 79.9. The van der Waals surface area contributed by atoms with Crippen molar-refractivity contribution in [2.45, 2.75) is 13.3 Å². The van der Waals surface area contributed by atoms with Gasteiger partial charge in [0.25, 0.3) is 0 Å². The van der Waals surface area contributed by atoms with E-state index in [9.17, 15) is 0 Å². The summed E-state index contributed by atoms with van der Waals surface area (Å²) in [5.41, 5.74) is 7.64. The number of methoxy groups -OCH3 is 1. The van der Waals surface area contributed by atoms with Crippen LogP contribution in [0.25, 0.3) is 0 Å². The van der Waals surface area contributed by atoms with Crippen LogP contribution in [-0.4, -0.2) is 17.1 Å². The van der Waals surface area contributed by atoms with E-state index in [4.69, 9.17) is 15.2 Å². The number of rotatable bonds is 4. The zero-order valence-electron chi connectivity index (χ0n) is 10.7. The molecule has 6 heteroatoms. The molecule has 5 nitrogen and oxygen atoms in total. The Morgan fingerprint density at radius 3 is 2.79 bits per heavy atom. The lowest BCUT2D eigenvalue weighted by Gasteiger charge is -2.09. The molecule has 0 spiro atoms. The van der Waals surface area contributed by atoms with Gasteiger partial charge in [-0.15, -0.1) is 0 Å². The molecule has 100 valence electrons. The van der Waals surface area contributed by atoms with Gasteiger partial charge in [0.1, 0.15) is 0 Å². The largest absolute Gasteiger partial charge is 0.480 e. The van der Waals surface area contributed by atoms with Crippen LogP contribution in [0.5, 0.6) is 17.6 Å². The molecule has 2 N–H and O–H groups in total. The Labute approximate surface area is 119 Å². The van der Waals surface area contributed by atoms with E-state index in [1.807, 2.05) is 18.2 Å². The first-order valence-electron chi connectivity index (χ1n) is 5.76. The number of aryl methyl sites for hydroxylation is 1. The number of hydrogen-bond donors (Lipinski definition) is 1. The normalized spacial score (nSPS) is 10.3. The number of benzene rings is 1. The maximum atomic E-state index is 5.92. The van der Waals surface area contributed by atoms with Crippen molar-refractivity contribution in [1.29, 1.82) is 0 Å². The summed E-state index contributed by atoms with van der Waals surface area (Å²) in [7, 11) is 1.53. The number of ether oxygens (including phenoxy) is 2. The number of halogens is 1. The number of nitrogens with zero attached hydrogens (tertiary/aromatic N) is 2. The molecular weight excluding hydrogens is 310 g/mol. The van der Waals surface area contributed by atoms with Crippen molar-refractivity contribution in [1.82, 2.24) is 9.97 Å².